The van der Waals surface area contributed by atoms with Crippen molar-refractivity contribution in [3.05, 3.63) is 89.6 Å². The largest absolute Gasteiger partial charge is 0.379 e. The molecule has 198 valence electrons. The number of fused-ring (bicyclic) bond motifs is 1. The normalized spacial score (nSPS) is 14.9. The van der Waals surface area contributed by atoms with Crippen LogP contribution in [0.1, 0.15) is 21.5 Å². The van der Waals surface area contributed by atoms with Crippen molar-refractivity contribution < 1.29 is 13.7 Å². The summed E-state index contributed by atoms with van der Waals surface area (Å²) in [4.78, 5) is 19.1. The Morgan fingerprint density at radius 3 is 2.56 bits per heavy atom. The Labute approximate surface area is 232 Å². The number of aromatic nitrogens is 3. The number of nitrogens with one attached hydrogen (secondary N) is 1. The minimum atomic E-state index is -1.34. The first-order valence-electron chi connectivity index (χ1n) is 12.7. The summed E-state index contributed by atoms with van der Waals surface area (Å²) >= 11 is 1.52. The molecule has 39 heavy (non-hydrogen) atoms. The molecular formula is C29H27N5O3S2. The number of rotatable bonds is 6. The number of para-hydroxylation sites is 1. The summed E-state index contributed by atoms with van der Waals surface area (Å²) in [6, 6.07) is 21.3. The minimum Gasteiger partial charge on any atom is -0.379 e. The zero-order valence-electron chi connectivity index (χ0n) is 21.6. The molecule has 1 N–H and O–H groups in total. The molecule has 0 spiro atoms. The highest BCUT2D eigenvalue weighted by Gasteiger charge is 2.23. The second kappa shape index (κ2) is 10.8. The Morgan fingerprint density at radius 1 is 1.03 bits per heavy atom. The molecule has 0 saturated carbocycles. The van der Waals surface area contributed by atoms with Crippen LogP contribution in [0.5, 0.6) is 0 Å². The Morgan fingerprint density at radius 2 is 1.79 bits per heavy atom. The molecule has 6 rings (SSSR count). The van der Waals surface area contributed by atoms with Gasteiger partial charge in [0.15, 0.2) is 0 Å². The van der Waals surface area contributed by atoms with Crippen LogP contribution in [0.3, 0.4) is 0 Å². The Balaban J connectivity index is 1.34. The number of aryl methyl sites for hydroxylation is 2. The van der Waals surface area contributed by atoms with Crippen molar-refractivity contribution in [3.8, 4) is 16.4 Å². The van der Waals surface area contributed by atoms with E-state index in [-0.39, 0.29) is 5.91 Å². The lowest BCUT2D eigenvalue weighted by Crippen LogP contribution is -2.37. The third kappa shape index (κ3) is 5.28. The highest BCUT2D eigenvalue weighted by molar-refractivity contribution is 7.82. The highest BCUT2D eigenvalue weighted by atomic mass is 32.2. The lowest BCUT2D eigenvalue weighted by Gasteiger charge is -2.26. The van der Waals surface area contributed by atoms with Crippen LogP contribution in [0.2, 0.25) is 0 Å². The van der Waals surface area contributed by atoms with Gasteiger partial charge in [-0.2, -0.15) is 5.10 Å². The van der Waals surface area contributed by atoms with E-state index in [1.807, 2.05) is 78.8 Å². The van der Waals surface area contributed by atoms with Crippen LogP contribution < -0.4 is 5.32 Å². The number of carbonyl (C=O) groups excluding carboxylic acids is 1. The van der Waals surface area contributed by atoms with Crippen molar-refractivity contribution in [1.29, 1.82) is 0 Å². The van der Waals surface area contributed by atoms with Crippen LogP contribution in [0.15, 0.2) is 77.8 Å². The van der Waals surface area contributed by atoms with E-state index in [1.54, 1.807) is 16.9 Å². The van der Waals surface area contributed by atoms with Crippen molar-refractivity contribution in [2.75, 3.05) is 31.6 Å². The van der Waals surface area contributed by atoms with Crippen molar-refractivity contribution in [1.82, 2.24) is 19.1 Å². The lowest BCUT2D eigenvalue weighted by atomic mass is 10.1. The molecule has 1 aliphatic rings. The summed E-state index contributed by atoms with van der Waals surface area (Å²) in [5.41, 5.74) is 5.31. The average molecular weight is 558 g/mol. The number of nitrogens with zero attached hydrogens (tertiary/aromatic N) is 4. The van der Waals surface area contributed by atoms with E-state index in [9.17, 15) is 9.00 Å². The summed E-state index contributed by atoms with van der Waals surface area (Å²) in [5.74, 6) is -0.301. The molecule has 1 fully saturated rings. The van der Waals surface area contributed by atoms with Gasteiger partial charge in [-0.3, -0.25) is 4.79 Å². The first-order valence-corrected chi connectivity index (χ1v) is 14.6. The molecule has 5 aromatic rings. The van der Waals surface area contributed by atoms with Gasteiger partial charge in [-0.05, 0) is 43.7 Å². The average Bonchev–Trinajstić information content (AvgIpc) is 3.60. The SMILES string of the molecule is Cc1ccc(-c2nn(-c3nc4ccccc4s3)cc2C(=O)Nc2ccc(C)c(S(=O)N3CCOCC3)c2)cc1. The zero-order chi connectivity index (χ0) is 26.9. The molecule has 1 unspecified atom stereocenters. The van der Waals surface area contributed by atoms with Crippen molar-refractivity contribution >= 4 is 44.1 Å². The van der Waals surface area contributed by atoms with Gasteiger partial charge in [-0.1, -0.05) is 59.4 Å². The summed E-state index contributed by atoms with van der Waals surface area (Å²) in [6.45, 7) is 6.27. The fourth-order valence-corrected chi connectivity index (χ4v) is 6.66. The molecule has 1 saturated heterocycles. The predicted octanol–water partition coefficient (Wildman–Crippen LogP) is 5.37. The summed E-state index contributed by atoms with van der Waals surface area (Å²) in [6.07, 6.45) is 1.73. The van der Waals surface area contributed by atoms with Gasteiger partial charge in [-0.15, -0.1) is 0 Å². The van der Waals surface area contributed by atoms with Gasteiger partial charge in [0.05, 0.1) is 33.9 Å². The number of morpholine rings is 1. The molecular weight excluding hydrogens is 530 g/mol. The van der Waals surface area contributed by atoms with Gasteiger partial charge in [0.1, 0.15) is 16.7 Å². The maximum absolute atomic E-state index is 13.7. The topological polar surface area (TPSA) is 89.3 Å². The number of thiazole rings is 1. The highest BCUT2D eigenvalue weighted by Crippen LogP contribution is 2.29. The van der Waals surface area contributed by atoms with Gasteiger partial charge < -0.3 is 10.1 Å². The van der Waals surface area contributed by atoms with E-state index in [1.165, 1.54) is 11.3 Å². The smallest absolute Gasteiger partial charge is 0.259 e. The molecule has 1 atom stereocenters. The van der Waals surface area contributed by atoms with Crippen molar-refractivity contribution in [2.24, 2.45) is 0 Å². The lowest BCUT2D eigenvalue weighted by molar-refractivity contribution is 0.0752. The van der Waals surface area contributed by atoms with Gasteiger partial charge in [0.2, 0.25) is 5.13 Å². The monoisotopic (exact) mass is 557 g/mol. The van der Waals surface area contributed by atoms with Crippen LogP contribution in [0.4, 0.5) is 5.69 Å². The number of ether oxygens (including phenoxy) is 1. The van der Waals surface area contributed by atoms with E-state index in [0.29, 0.717) is 53.3 Å². The molecule has 0 bridgehead atoms. The third-order valence-electron chi connectivity index (χ3n) is 6.60. The second-order valence-corrected chi connectivity index (χ2v) is 11.9. The fourth-order valence-electron chi connectivity index (χ4n) is 4.44. The molecule has 3 heterocycles. The molecule has 0 radical (unpaired) electrons. The summed E-state index contributed by atoms with van der Waals surface area (Å²) in [5, 5.41) is 8.49. The number of hydrogen-bond donors (Lipinski definition) is 1. The zero-order valence-corrected chi connectivity index (χ0v) is 23.2. The van der Waals surface area contributed by atoms with Crippen LogP contribution in [-0.2, 0) is 15.7 Å². The van der Waals surface area contributed by atoms with Crippen LogP contribution in [-0.4, -0.2) is 55.5 Å². The first-order chi connectivity index (χ1) is 19.0. The summed E-state index contributed by atoms with van der Waals surface area (Å²) in [7, 11) is -1.34. The standard InChI is InChI=1S/C29H27N5O3S2/c1-19-7-10-21(11-8-19)27-23(18-34(32-27)29-31-24-5-3-4-6-25(24)38-29)28(35)30-22-12-9-20(2)26(17-22)39(36)33-13-15-37-16-14-33/h3-12,17-18H,13-16H2,1-2H3,(H,30,35). The quantitative estimate of drug-likeness (QED) is 0.303. The van der Waals surface area contributed by atoms with Crippen LogP contribution in [0.25, 0.3) is 26.6 Å². The maximum atomic E-state index is 13.7. The molecule has 10 heteroatoms. The van der Waals surface area contributed by atoms with E-state index >= 15 is 0 Å². The molecule has 3 aromatic carbocycles. The van der Waals surface area contributed by atoms with Crippen molar-refractivity contribution in [3.63, 3.8) is 0 Å². The van der Waals surface area contributed by atoms with E-state index < -0.39 is 11.0 Å². The van der Waals surface area contributed by atoms with Crippen LogP contribution in [0, 0.1) is 13.8 Å². The number of anilines is 1. The molecule has 1 amide bonds. The molecule has 0 aliphatic carbocycles. The number of amides is 1. The Bertz CT molecular complexity index is 1650. The third-order valence-corrected chi connectivity index (χ3v) is 9.28. The van der Waals surface area contributed by atoms with Gasteiger partial charge in [-0.25, -0.2) is 18.2 Å². The number of hydrogen-bond acceptors (Lipinski definition) is 6. The Hall–Kier alpha value is -3.70. The van der Waals surface area contributed by atoms with Gasteiger partial charge in [0.25, 0.3) is 5.91 Å². The minimum absolute atomic E-state index is 0.301. The molecule has 8 nitrogen and oxygen atoms in total. The predicted molar refractivity (Wildman–Crippen MR) is 155 cm³/mol. The summed E-state index contributed by atoms with van der Waals surface area (Å²) < 4.78 is 23.3. The first kappa shape index (κ1) is 25.6. The number of carbonyl (C=O) groups is 1. The van der Waals surface area contributed by atoms with Gasteiger partial charge in [0, 0.05) is 30.5 Å². The molecule has 2 aromatic heterocycles. The second-order valence-electron chi connectivity index (χ2n) is 9.39. The Kier molecular flexibility index (Phi) is 7.09. The fraction of sp³-hybridized carbons (Fsp3) is 0.207. The number of benzene rings is 3. The van der Waals surface area contributed by atoms with Gasteiger partial charge >= 0.3 is 0 Å². The molecule has 1 aliphatic heterocycles. The van der Waals surface area contributed by atoms with Crippen LogP contribution >= 0.6 is 11.3 Å². The maximum Gasteiger partial charge on any atom is 0.259 e. The van der Waals surface area contributed by atoms with E-state index in [0.717, 1.165) is 26.9 Å². The van der Waals surface area contributed by atoms with Crippen molar-refractivity contribution in [2.45, 2.75) is 18.7 Å². The van der Waals surface area contributed by atoms with E-state index in [2.05, 4.69) is 5.32 Å². The van der Waals surface area contributed by atoms with E-state index in [4.69, 9.17) is 14.8 Å².